The van der Waals surface area contributed by atoms with Gasteiger partial charge in [0, 0.05) is 12.3 Å². The summed E-state index contributed by atoms with van der Waals surface area (Å²) in [5, 5.41) is 10.5. The molecule has 0 aromatic rings. The summed E-state index contributed by atoms with van der Waals surface area (Å²) in [5.41, 5.74) is 0.0557. The fraction of sp³-hybridized carbons (Fsp3) is 0.950. The normalized spacial score (nSPS) is 57.9. The van der Waals surface area contributed by atoms with E-state index in [1.54, 1.807) is 0 Å². The molecule has 4 aliphatic rings. The second-order valence-electron chi connectivity index (χ2n) is 9.89. The Morgan fingerprint density at radius 1 is 1.00 bits per heavy atom. The Morgan fingerprint density at radius 2 is 1.77 bits per heavy atom. The van der Waals surface area contributed by atoms with Gasteiger partial charge in [0.05, 0.1) is 5.60 Å². The molecule has 22 heavy (non-hydrogen) atoms. The zero-order chi connectivity index (χ0) is 15.8. The molecule has 2 unspecified atom stereocenters. The fourth-order valence-corrected chi connectivity index (χ4v) is 7.17. The first kappa shape index (κ1) is 15.2. The van der Waals surface area contributed by atoms with Crippen LogP contribution in [0, 0.1) is 34.5 Å². The quantitative estimate of drug-likeness (QED) is 0.722. The van der Waals surface area contributed by atoms with E-state index < -0.39 is 5.60 Å². The Morgan fingerprint density at radius 3 is 2.55 bits per heavy atom. The van der Waals surface area contributed by atoms with Crippen LogP contribution in [0.15, 0.2) is 0 Å². The Balaban J connectivity index is 1.68. The molecule has 1 N–H and O–H groups in total. The van der Waals surface area contributed by atoms with Crippen molar-refractivity contribution < 1.29 is 9.90 Å². The van der Waals surface area contributed by atoms with Crippen molar-refractivity contribution in [2.24, 2.45) is 34.5 Å². The molecule has 0 bridgehead atoms. The first-order chi connectivity index (χ1) is 10.3. The van der Waals surface area contributed by atoms with E-state index in [2.05, 4.69) is 13.8 Å². The third-order valence-electron chi connectivity index (χ3n) is 8.53. The minimum absolute atomic E-state index is 0.114. The zero-order valence-corrected chi connectivity index (χ0v) is 14.5. The van der Waals surface area contributed by atoms with Gasteiger partial charge in [-0.15, -0.1) is 0 Å². The molecule has 0 radical (unpaired) electrons. The molecule has 2 heteroatoms. The Kier molecular flexibility index (Phi) is 3.16. The lowest BCUT2D eigenvalue weighted by Gasteiger charge is -2.60. The molecular weight excluding hydrogens is 272 g/mol. The van der Waals surface area contributed by atoms with Gasteiger partial charge in [-0.1, -0.05) is 20.3 Å². The van der Waals surface area contributed by atoms with Crippen LogP contribution in [0.4, 0.5) is 0 Å². The van der Waals surface area contributed by atoms with Gasteiger partial charge in [-0.2, -0.15) is 0 Å². The lowest BCUT2D eigenvalue weighted by molar-refractivity contribution is -0.165. The van der Waals surface area contributed by atoms with Crippen molar-refractivity contribution in [3.8, 4) is 0 Å². The van der Waals surface area contributed by atoms with Gasteiger partial charge in [0.15, 0.2) is 0 Å². The molecule has 0 amide bonds. The second kappa shape index (κ2) is 4.59. The third kappa shape index (κ3) is 1.98. The van der Waals surface area contributed by atoms with Gasteiger partial charge in [-0.25, -0.2) is 0 Å². The number of carbonyl (C=O) groups is 1. The van der Waals surface area contributed by atoms with Crippen LogP contribution in [-0.2, 0) is 4.79 Å². The molecule has 0 heterocycles. The summed E-state index contributed by atoms with van der Waals surface area (Å²) in [6, 6.07) is 0. The van der Waals surface area contributed by atoms with Crippen LogP contribution >= 0.6 is 0 Å². The van der Waals surface area contributed by atoms with Crippen LogP contribution in [0.1, 0.15) is 78.6 Å². The molecule has 0 aromatic carbocycles. The molecule has 4 rings (SSSR count). The predicted octanol–water partition coefficient (Wildman–Crippen LogP) is 4.35. The molecular formula is C20H32O2. The standard InChI is InChI=1S/C20H32O2/c1-18-7-4-5-14(18)13-11-17(21)16-12-19(2,22)9-10-20(16,3)15(13)6-8-18/h13-16,22H,4-12H2,1-3H3/t13-,14-,15+,16?,18-,19?,20+/m0/s1. The lowest BCUT2D eigenvalue weighted by atomic mass is 9.44. The molecule has 124 valence electrons. The molecule has 4 saturated carbocycles. The monoisotopic (exact) mass is 304 g/mol. The molecule has 4 aliphatic carbocycles. The summed E-state index contributed by atoms with van der Waals surface area (Å²) < 4.78 is 0. The minimum atomic E-state index is -0.622. The van der Waals surface area contributed by atoms with E-state index in [0.29, 0.717) is 23.5 Å². The van der Waals surface area contributed by atoms with Crippen LogP contribution < -0.4 is 0 Å². The van der Waals surface area contributed by atoms with Crippen molar-refractivity contribution in [1.82, 2.24) is 0 Å². The van der Waals surface area contributed by atoms with Crippen molar-refractivity contribution in [3.63, 3.8) is 0 Å². The highest BCUT2D eigenvalue weighted by molar-refractivity contribution is 5.83. The number of hydrogen-bond acceptors (Lipinski definition) is 2. The van der Waals surface area contributed by atoms with E-state index in [0.717, 1.165) is 31.1 Å². The Labute approximate surface area is 135 Å². The highest BCUT2D eigenvalue weighted by atomic mass is 16.3. The smallest absolute Gasteiger partial charge is 0.136 e. The SMILES string of the molecule is CC1(O)CC[C@@]2(C)C(C1)C(=O)C[C@@H]1[C@H]2CC[C@]2(C)CCC[C@@H]12. The van der Waals surface area contributed by atoms with E-state index in [-0.39, 0.29) is 11.3 Å². The van der Waals surface area contributed by atoms with E-state index in [9.17, 15) is 9.90 Å². The van der Waals surface area contributed by atoms with Gasteiger partial charge >= 0.3 is 0 Å². The number of rotatable bonds is 0. The van der Waals surface area contributed by atoms with Gasteiger partial charge in [-0.3, -0.25) is 4.79 Å². The molecule has 7 atom stereocenters. The second-order valence-corrected chi connectivity index (χ2v) is 9.89. The maximum absolute atomic E-state index is 13.0. The van der Waals surface area contributed by atoms with Crippen molar-refractivity contribution in [2.75, 3.05) is 0 Å². The van der Waals surface area contributed by atoms with E-state index in [1.165, 1.54) is 32.1 Å². The van der Waals surface area contributed by atoms with Crippen molar-refractivity contribution in [3.05, 3.63) is 0 Å². The summed E-state index contributed by atoms with van der Waals surface area (Å²) >= 11 is 0. The first-order valence-electron chi connectivity index (χ1n) is 9.50. The number of fused-ring (bicyclic) bond motifs is 5. The maximum atomic E-state index is 13.0. The molecule has 0 aromatic heterocycles. The fourth-order valence-electron chi connectivity index (χ4n) is 7.17. The molecule has 0 aliphatic heterocycles. The zero-order valence-electron chi connectivity index (χ0n) is 14.5. The van der Waals surface area contributed by atoms with E-state index >= 15 is 0 Å². The largest absolute Gasteiger partial charge is 0.390 e. The van der Waals surface area contributed by atoms with Gasteiger partial charge in [0.2, 0.25) is 0 Å². The lowest BCUT2D eigenvalue weighted by Crippen LogP contribution is -2.58. The highest BCUT2D eigenvalue weighted by Crippen LogP contribution is 2.66. The summed E-state index contributed by atoms with van der Waals surface area (Å²) in [4.78, 5) is 13.0. The first-order valence-corrected chi connectivity index (χ1v) is 9.50. The summed E-state index contributed by atoms with van der Waals surface area (Å²) in [7, 11) is 0. The maximum Gasteiger partial charge on any atom is 0.136 e. The summed E-state index contributed by atoms with van der Waals surface area (Å²) in [6.45, 7) is 6.81. The number of aliphatic hydroxyl groups is 1. The van der Waals surface area contributed by atoms with Gasteiger partial charge < -0.3 is 5.11 Å². The molecule has 4 fully saturated rings. The van der Waals surface area contributed by atoms with Crippen LogP contribution in [0.25, 0.3) is 0 Å². The molecule has 2 nitrogen and oxygen atoms in total. The summed E-state index contributed by atoms with van der Waals surface area (Å²) in [5.74, 6) is 2.74. The van der Waals surface area contributed by atoms with Gasteiger partial charge in [0.1, 0.15) is 5.78 Å². The van der Waals surface area contributed by atoms with Crippen LogP contribution in [-0.4, -0.2) is 16.5 Å². The highest BCUT2D eigenvalue weighted by Gasteiger charge is 2.61. The van der Waals surface area contributed by atoms with Crippen LogP contribution in [0.3, 0.4) is 0 Å². The van der Waals surface area contributed by atoms with Crippen molar-refractivity contribution in [2.45, 2.75) is 84.2 Å². The van der Waals surface area contributed by atoms with E-state index in [4.69, 9.17) is 0 Å². The average Bonchev–Trinajstić information content (AvgIpc) is 2.83. The number of hydrogen-bond donors (Lipinski definition) is 1. The molecule has 0 spiro atoms. The summed E-state index contributed by atoms with van der Waals surface area (Å²) in [6.07, 6.45) is 10.2. The van der Waals surface area contributed by atoms with Crippen LogP contribution in [0.5, 0.6) is 0 Å². The van der Waals surface area contributed by atoms with Gasteiger partial charge in [0.25, 0.3) is 0 Å². The average molecular weight is 304 g/mol. The topological polar surface area (TPSA) is 37.3 Å². The predicted molar refractivity (Wildman–Crippen MR) is 87.4 cm³/mol. The third-order valence-corrected chi connectivity index (χ3v) is 8.53. The van der Waals surface area contributed by atoms with Crippen molar-refractivity contribution in [1.29, 1.82) is 0 Å². The van der Waals surface area contributed by atoms with Crippen LogP contribution in [0.2, 0.25) is 0 Å². The Hall–Kier alpha value is -0.370. The number of ketones is 1. The van der Waals surface area contributed by atoms with Gasteiger partial charge in [-0.05, 0) is 80.5 Å². The van der Waals surface area contributed by atoms with Crippen molar-refractivity contribution >= 4 is 5.78 Å². The Bertz CT molecular complexity index is 496. The molecule has 0 saturated heterocycles. The minimum Gasteiger partial charge on any atom is -0.390 e. The number of Topliss-reactive ketones (excluding diaryl/α,β-unsaturated/α-hetero) is 1. The number of carbonyl (C=O) groups excluding carboxylic acids is 1. The van der Waals surface area contributed by atoms with E-state index in [1.807, 2.05) is 6.92 Å².